The van der Waals surface area contributed by atoms with Gasteiger partial charge in [-0.1, -0.05) is 0 Å². The molecule has 1 aliphatic carbocycles. The van der Waals surface area contributed by atoms with Crippen molar-refractivity contribution in [1.29, 1.82) is 0 Å². The fourth-order valence-electron chi connectivity index (χ4n) is 0.987. The first-order valence-corrected chi connectivity index (χ1v) is 5.29. The molecule has 0 unspecified atom stereocenters. The van der Waals surface area contributed by atoms with Crippen molar-refractivity contribution < 1.29 is 30.7 Å². The van der Waals surface area contributed by atoms with Gasteiger partial charge in [0.25, 0.3) is 0 Å². The van der Waals surface area contributed by atoms with Crippen LogP contribution in [-0.2, 0) is 4.74 Å². The summed E-state index contributed by atoms with van der Waals surface area (Å²) in [5.74, 6) is 0.851. The number of carbonyl (C=O) groups excluding carboxylic acids is 1. The zero-order valence-corrected chi connectivity index (χ0v) is 7.42. The molecule has 1 aliphatic heterocycles. The van der Waals surface area contributed by atoms with Crippen LogP contribution in [0.4, 0.5) is 4.79 Å². The van der Waals surface area contributed by atoms with E-state index in [-0.39, 0.29) is 3.98 Å². The predicted octanol–water partition coefficient (Wildman–Crippen LogP) is -1.21. The van der Waals surface area contributed by atoms with Crippen molar-refractivity contribution in [3.8, 4) is 0 Å². The van der Waals surface area contributed by atoms with Crippen LogP contribution in [0.15, 0.2) is 21.5 Å². The summed E-state index contributed by atoms with van der Waals surface area (Å²) in [4.78, 5) is 10.8. The summed E-state index contributed by atoms with van der Waals surface area (Å²) in [5.41, 5.74) is 0. The van der Waals surface area contributed by atoms with Crippen LogP contribution in [0.1, 0.15) is 12.8 Å². The number of fused-ring (bicyclic) bond motifs is 1. The summed E-state index contributed by atoms with van der Waals surface area (Å²) < 4.78 is 6.16. The quantitative estimate of drug-likeness (QED) is 0.397. The number of hydrogen-bond acceptors (Lipinski definition) is 2. The molecule has 10 heavy (non-hydrogen) atoms. The summed E-state index contributed by atoms with van der Waals surface area (Å²) in [7, 11) is 0. The first kappa shape index (κ1) is 6.39. The average Bonchev–Trinajstić information content (AvgIpc) is 2.27. The summed E-state index contributed by atoms with van der Waals surface area (Å²) in [5, 5.41) is 0. The molecule has 1 fully saturated rings. The second-order valence-electron chi connectivity index (χ2n) is 2.13. The number of ether oxygens (including phenoxy) is 1. The van der Waals surface area contributed by atoms with Gasteiger partial charge in [-0.15, -0.1) is 0 Å². The molecule has 0 bridgehead atoms. The zero-order valence-electron chi connectivity index (χ0n) is 5.26. The van der Waals surface area contributed by atoms with E-state index in [0.717, 1.165) is 18.6 Å². The van der Waals surface area contributed by atoms with Crippen molar-refractivity contribution in [2.24, 2.45) is 0 Å². The second kappa shape index (κ2) is 2.38. The third kappa shape index (κ3) is 0.982. The van der Waals surface area contributed by atoms with Crippen LogP contribution in [0.2, 0.25) is 0 Å². The fourth-order valence-corrected chi connectivity index (χ4v) is 2.94. The Balaban J connectivity index is 2.33. The first-order valence-electron chi connectivity index (χ1n) is 3.13. The van der Waals surface area contributed by atoms with Crippen molar-refractivity contribution in [2.75, 3.05) is 0 Å². The van der Waals surface area contributed by atoms with Crippen molar-refractivity contribution in [3.63, 3.8) is 0 Å². The Bertz CT molecular complexity index is 216. The van der Waals surface area contributed by atoms with Gasteiger partial charge in [-0.3, -0.25) is 0 Å². The van der Waals surface area contributed by atoms with Gasteiger partial charge in [-0.05, 0) is 0 Å². The molecule has 1 saturated heterocycles. The zero-order chi connectivity index (χ0) is 6.97. The van der Waals surface area contributed by atoms with Gasteiger partial charge >= 0.3 is 69.0 Å². The van der Waals surface area contributed by atoms with Crippen LogP contribution in [0.3, 0.4) is 0 Å². The van der Waals surface area contributed by atoms with Gasteiger partial charge in [-0.2, -0.15) is 0 Å². The second-order valence-corrected chi connectivity index (χ2v) is 4.71. The standard InChI is InChI=1S/C7H6IO2/c9-7-8-5-3-1-2-4-6(5)10-7/h3-4H,1-2H2/q-1. The Labute approximate surface area is 69.2 Å². The Hall–Kier alpha value is -0.320. The van der Waals surface area contributed by atoms with Gasteiger partial charge in [0.1, 0.15) is 0 Å². The molecule has 2 aliphatic rings. The summed E-state index contributed by atoms with van der Waals surface area (Å²) >= 11 is -0.450. The van der Waals surface area contributed by atoms with Crippen LogP contribution < -0.4 is 21.2 Å². The van der Waals surface area contributed by atoms with Crippen LogP contribution in [0.25, 0.3) is 0 Å². The number of halogens is 1. The van der Waals surface area contributed by atoms with E-state index in [1.807, 2.05) is 6.08 Å². The van der Waals surface area contributed by atoms with Crippen LogP contribution in [0, 0.1) is 0 Å². The van der Waals surface area contributed by atoms with E-state index < -0.39 is 21.2 Å². The van der Waals surface area contributed by atoms with Gasteiger partial charge in [0, 0.05) is 0 Å². The van der Waals surface area contributed by atoms with Gasteiger partial charge in [0.05, 0.1) is 0 Å². The SMILES string of the molecule is O=C1OC2=CCCC=C2[I-]1. The van der Waals surface area contributed by atoms with Gasteiger partial charge in [-0.25, -0.2) is 0 Å². The van der Waals surface area contributed by atoms with Crippen LogP contribution in [-0.4, -0.2) is 3.98 Å². The maximum atomic E-state index is 10.8. The van der Waals surface area contributed by atoms with E-state index in [0.29, 0.717) is 0 Å². The van der Waals surface area contributed by atoms with Crippen LogP contribution >= 0.6 is 0 Å². The number of hydrogen-bond donors (Lipinski definition) is 0. The molecule has 0 aromatic rings. The van der Waals surface area contributed by atoms with E-state index in [2.05, 4.69) is 6.08 Å². The Morgan fingerprint density at radius 1 is 1.40 bits per heavy atom. The fraction of sp³-hybridized carbons (Fsp3) is 0.286. The molecule has 0 N–H and O–H groups in total. The van der Waals surface area contributed by atoms with Gasteiger partial charge < -0.3 is 0 Å². The minimum absolute atomic E-state index is 0.00167. The van der Waals surface area contributed by atoms with Crippen molar-refractivity contribution in [3.05, 3.63) is 21.5 Å². The predicted molar refractivity (Wildman–Crippen MR) is 31.9 cm³/mol. The molecule has 54 valence electrons. The van der Waals surface area contributed by atoms with E-state index in [9.17, 15) is 4.79 Å². The normalized spacial score (nSPS) is 23.8. The van der Waals surface area contributed by atoms with E-state index in [4.69, 9.17) is 4.74 Å². The molecule has 0 aromatic heterocycles. The molecule has 2 nitrogen and oxygen atoms in total. The van der Waals surface area contributed by atoms with Gasteiger partial charge in [0.2, 0.25) is 0 Å². The molecular weight excluding hydrogens is 243 g/mol. The molecule has 3 heteroatoms. The third-order valence-electron chi connectivity index (χ3n) is 1.42. The molecular formula is C7H6IO2-. The number of allylic oxidation sites excluding steroid dienone is 3. The monoisotopic (exact) mass is 249 g/mol. The molecule has 1 heterocycles. The Kier molecular flexibility index (Phi) is 1.52. The van der Waals surface area contributed by atoms with Crippen molar-refractivity contribution >= 4 is 3.98 Å². The minimum atomic E-state index is -0.450. The molecule has 0 saturated carbocycles. The summed E-state index contributed by atoms with van der Waals surface area (Å²) in [6, 6.07) is 0. The third-order valence-corrected chi connectivity index (χ3v) is 3.64. The van der Waals surface area contributed by atoms with E-state index in [1.165, 1.54) is 3.58 Å². The Morgan fingerprint density at radius 3 is 3.00 bits per heavy atom. The summed E-state index contributed by atoms with van der Waals surface area (Å²) in [6.45, 7) is 0. The molecule has 2 rings (SSSR count). The number of rotatable bonds is 0. The van der Waals surface area contributed by atoms with Gasteiger partial charge in [0.15, 0.2) is 0 Å². The molecule has 0 amide bonds. The van der Waals surface area contributed by atoms with E-state index in [1.54, 1.807) is 0 Å². The average molecular weight is 249 g/mol. The molecule has 0 atom stereocenters. The Morgan fingerprint density at radius 2 is 2.20 bits per heavy atom. The summed E-state index contributed by atoms with van der Waals surface area (Å²) in [6.07, 6.45) is 6.25. The first-order chi connectivity index (χ1) is 4.86. The topological polar surface area (TPSA) is 26.3 Å². The maximum absolute atomic E-state index is 10.8. The van der Waals surface area contributed by atoms with Crippen molar-refractivity contribution in [2.45, 2.75) is 12.8 Å². The van der Waals surface area contributed by atoms with Crippen LogP contribution in [0.5, 0.6) is 0 Å². The number of carbonyl (C=O) groups is 1. The molecule has 0 radical (unpaired) electrons. The molecule has 0 spiro atoms. The van der Waals surface area contributed by atoms with Crippen molar-refractivity contribution in [1.82, 2.24) is 0 Å². The molecule has 0 aromatic carbocycles. The van der Waals surface area contributed by atoms with E-state index >= 15 is 0 Å².